The first-order valence-electron chi connectivity index (χ1n) is 6.26. The number of rotatable bonds is 1. The number of benzene rings is 1. The highest BCUT2D eigenvalue weighted by molar-refractivity contribution is 5.51. The fraction of sp³-hybridized carbons (Fsp3) is 0.538. The van der Waals surface area contributed by atoms with Crippen LogP contribution in [0.25, 0.3) is 0 Å². The number of hydrogen-bond donors (Lipinski definition) is 1. The van der Waals surface area contributed by atoms with Gasteiger partial charge in [-0.25, -0.2) is 22.0 Å². The zero-order valence-electron chi connectivity index (χ0n) is 11.2. The second-order valence-corrected chi connectivity index (χ2v) is 5.50. The molecule has 1 N–H and O–H groups in total. The first-order chi connectivity index (χ1) is 9.24. The van der Waals surface area contributed by atoms with Crippen LogP contribution in [0.5, 0.6) is 0 Å². The average Bonchev–Trinajstić information content (AvgIpc) is 2.55. The molecule has 7 heteroatoms. The van der Waals surface area contributed by atoms with E-state index in [-0.39, 0.29) is 13.1 Å². The molecule has 0 spiro atoms. The quantitative estimate of drug-likeness (QED) is 0.487. The van der Waals surface area contributed by atoms with Crippen molar-refractivity contribution in [3.8, 4) is 0 Å². The van der Waals surface area contributed by atoms with E-state index < -0.39 is 40.3 Å². The molecule has 1 aliphatic heterocycles. The summed E-state index contributed by atoms with van der Waals surface area (Å²) in [6, 6.07) is 0. The van der Waals surface area contributed by atoms with Crippen molar-refractivity contribution in [2.24, 2.45) is 0 Å². The lowest BCUT2D eigenvalue weighted by molar-refractivity contribution is 0.373. The molecule has 0 saturated carbocycles. The van der Waals surface area contributed by atoms with Crippen molar-refractivity contribution in [2.45, 2.75) is 25.8 Å². The van der Waals surface area contributed by atoms with Crippen molar-refractivity contribution in [2.75, 3.05) is 24.5 Å². The predicted octanol–water partition coefficient (Wildman–Crippen LogP) is 2.96. The van der Waals surface area contributed by atoms with Gasteiger partial charge in [-0.05, 0) is 26.8 Å². The molecule has 1 aromatic rings. The molecule has 0 unspecified atom stereocenters. The third kappa shape index (κ3) is 2.59. The fourth-order valence-electron chi connectivity index (χ4n) is 2.37. The third-order valence-electron chi connectivity index (χ3n) is 3.30. The molecule has 1 fully saturated rings. The molecule has 1 aromatic carbocycles. The van der Waals surface area contributed by atoms with Crippen LogP contribution in [0.3, 0.4) is 0 Å². The normalized spacial score (nSPS) is 19.1. The summed E-state index contributed by atoms with van der Waals surface area (Å²) in [5.74, 6) is -9.50. The second-order valence-electron chi connectivity index (χ2n) is 5.50. The SMILES string of the molecule is CC1(C)CN(c2c(F)c(F)c(F)c(F)c2F)CCCN1. The monoisotopic (exact) mass is 294 g/mol. The van der Waals surface area contributed by atoms with Crippen LogP contribution in [0.2, 0.25) is 0 Å². The Kier molecular flexibility index (Phi) is 3.90. The van der Waals surface area contributed by atoms with Gasteiger partial charge in [0.25, 0.3) is 0 Å². The van der Waals surface area contributed by atoms with E-state index in [1.54, 1.807) is 13.8 Å². The maximum atomic E-state index is 13.8. The van der Waals surface area contributed by atoms with Crippen LogP contribution in [-0.4, -0.2) is 25.2 Å². The van der Waals surface area contributed by atoms with Gasteiger partial charge in [0.2, 0.25) is 5.82 Å². The van der Waals surface area contributed by atoms with E-state index >= 15 is 0 Å². The Morgan fingerprint density at radius 2 is 1.40 bits per heavy atom. The number of halogens is 5. The van der Waals surface area contributed by atoms with Crippen molar-refractivity contribution < 1.29 is 22.0 Å². The molecule has 112 valence electrons. The standard InChI is InChI=1S/C13H15F5N2/c1-13(2)6-20(5-3-4-19-13)12-10(17)8(15)7(14)9(16)11(12)18/h19H,3-6H2,1-2H3. The summed E-state index contributed by atoms with van der Waals surface area (Å²) in [5, 5.41) is 3.15. The van der Waals surface area contributed by atoms with E-state index in [1.165, 1.54) is 4.90 Å². The van der Waals surface area contributed by atoms with Gasteiger partial charge in [-0.1, -0.05) is 0 Å². The first kappa shape index (κ1) is 15.0. The van der Waals surface area contributed by atoms with E-state index in [4.69, 9.17) is 0 Å². The van der Waals surface area contributed by atoms with Crippen LogP contribution in [0, 0.1) is 29.1 Å². The molecule has 20 heavy (non-hydrogen) atoms. The lowest BCUT2D eigenvalue weighted by atomic mass is 10.1. The summed E-state index contributed by atoms with van der Waals surface area (Å²) in [6.07, 6.45) is 0.545. The van der Waals surface area contributed by atoms with Gasteiger partial charge in [-0.2, -0.15) is 0 Å². The highest BCUT2D eigenvalue weighted by Crippen LogP contribution is 2.31. The Labute approximate surface area is 113 Å². The molecule has 1 saturated heterocycles. The minimum atomic E-state index is -2.13. The summed E-state index contributed by atoms with van der Waals surface area (Å²) in [7, 11) is 0. The van der Waals surface area contributed by atoms with Gasteiger partial charge >= 0.3 is 0 Å². The lowest BCUT2D eigenvalue weighted by Gasteiger charge is -2.32. The summed E-state index contributed by atoms with van der Waals surface area (Å²) >= 11 is 0. The second kappa shape index (κ2) is 5.20. The van der Waals surface area contributed by atoms with Gasteiger partial charge in [0.15, 0.2) is 23.3 Å². The van der Waals surface area contributed by atoms with Crippen molar-refractivity contribution in [3.63, 3.8) is 0 Å². The minimum absolute atomic E-state index is 0.144. The third-order valence-corrected chi connectivity index (χ3v) is 3.30. The lowest BCUT2D eigenvalue weighted by Crippen LogP contribution is -2.47. The van der Waals surface area contributed by atoms with E-state index in [2.05, 4.69) is 5.32 Å². The predicted molar refractivity (Wildman–Crippen MR) is 65.1 cm³/mol. The number of anilines is 1. The summed E-state index contributed by atoms with van der Waals surface area (Å²) in [5.41, 5.74) is -1.34. The molecule has 1 heterocycles. The van der Waals surface area contributed by atoms with Crippen molar-refractivity contribution in [1.29, 1.82) is 0 Å². The highest BCUT2D eigenvalue weighted by Gasteiger charge is 2.32. The van der Waals surface area contributed by atoms with Crippen molar-refractivity contribution in [3.05, 3.63) is 29.1 Å². The van der Waals surface area contributed by atoms with Crippen LogP contribution >= 0.6 is 0 Å². The molecule has 0 amide bonds. The number of nitrogens with zero attached hydrogens (tertiary/aromatic N) is 1. The van der Waals surface area contributed by atoms with E-state index in [1.807, 2.05) is 0 Å². The molecular formula is C13H15F5N2. The molecule has 0 radical (unpaired) electrons. The minimum Gasteiger partial charge on any atom is -0.365 e. The van der Waals surface area contributed by atoms with Gasteiger partial charge in [-0.15, -0.1) is 0 Å². The Morgan fingerprint density at radius 3 is 1.95 bits per heavy atom. The molecule has 2 nitrogen and oxygen atoms in total. The van der Waals surface area contributed by atoms with Gasteiger partial charge in [0, 0.05) is 18.6 Å². The van der Waals surface area contributed by atoms with Crippen LogP contribution in [-0.2, 0) is 0 Å². The molecular weight excluding hydrogens is 279 g/mol. The molecule has 0 bridgehead atoms. The smallest absolute Gasteiger partial charge is 0.200 e. The number of nitrogens with one attached hydrogen (secondary N) is 1. The Bertz CT molecular complexity index is 501. The van der Waals surface area contributed by atoms with Crippen LogP contribution in [0.15, 0.2) is 0 Å². The zero-order valence-corrected chi connectivity index (χ0v) is 11.2. The largest absolute Gasteiger partial charge is 0.365 e. The molecule has 2 rings (SSSR count). The topological polar surface area (TPSA) is 15.3 Å². The summed E-state index contributed by atoms with van der Waals surface area (Å²) in [4.78, 5) is 1.20. The average molecular weight is 294 g/mol. The van der Waals surface area contributed by atoms with Gasteiger partial charge in [0.1, 0.15) is 5.69 Å². The fourth-order valence-corrected chi connectivity index (χ4v) is 2.37. The summed E-state index contributed by atoms with van der Waals surface area (Å²) < 4.78 is 67.1. The van der Waals surface area contributed by atoms with Crippen molar-refractivity contribution in [1.82, 2.24) is 5.32 Å². The Morgan fingerprint density at radius 1 is 0.900 bits per heavy atom. The van der Waals surface area contributed by atoms with Crippen LogP contribution in [0.4, 0.5) is 27.6 Å². The molecule has 0 aromatic heterocycles. The first-order valence-corrected chi connectivity index (χ1v) is 6.26. The summed E-state index contributed by atoms with van der Waals surface area (Å²) in [6.45, 7) is 4.58. The van der Waals surface area contributed by atoms with Gasteiger partial charge < -0.3 is 10.2 Å². The Hall–Kier alpha value is -1.37. The van der Waals surface area contributed by atoms with E-state index in [0.29, 0.717) is 13.0 Å². The van der Waals surface area contributed by atoms with Gasteiger partial charge in [0.05, 0.1) is 0 Å². The molecule has 0 aliphatic carbocycles. The van der Waals surface area contributed by atoms with Crippen molar-refractivity contribution >= 4 is 5.69 Å². The maximum Gasteiger partial charge on any atom is 0.200 e. The van der Waals surface area contributed by atoms with E-state index in [9.17, 15) is 22.0 Å². The Balaban J connectivity index is 2.51. The molecule has 0 atom stereocenters. The number of hydrogen-bond acceptors (Lipinski definition) is 2. The maximum absolute atomic E-state index is 13.8. The van der Waals surface area contributed by atoms with E-state index in [0.717, 1.165) is 0 Å². The van der Waals surface area contributed by atoms with Crippen LogP contribution < -0.4 is 10.2 Å². The zero-order chi connectivity index (χ0) is 15.1. The van der Waals surface area contributed by atoms with Crippen LogP contribution in [0.1, 0.15) is 20.3 Å². The van der Waals surface area contributed by atoms with Gasteiger partial charge in [-0.3, -0.25) is 0 Å². The molecule has 1 aliphatic rings. The highest BCUT2D eigenvalue weighted by atomic mass is 19.2.